The van der Waals surface area contributed by atoms with Crippen LogP contribution >= 0.6 is 11.3 Å². The first-order valence-electron chi connectivity index (χ1n) is 11.3. The van der Waals surface area contributed by atoms with Gasteiger partial charge in [-0.15, -0.1) is 11.3 Å². The van der Waals surface area contributed by atoms with Crippen LogP contribution in [0.4, 0.5) is 0 Å². The van der Waals surface area contributed by atoms with E-state index in [1.54, 1.807) is 23.1 Å². The Kier molecular flexibility index (Phi) is 9.56. The van der Waals surface area contributed by atoms with Gasteiger partial charge >= 0.3 is 0 Å². The van der Waals surface area contributed by atoms with Gasteiger partial charge in [-0.05, 0) is 30.5 Å². The third-order valence-electron chi connectivity index (χ3n) is 5.51. The molecule has 2 N–H and O–H groups in total. The molecule has 0 saturated heterocycles. The smallest absolute Gasteiger partial charge is 0.254 e. The molecular weight excluding hydrogens is 514 g/mol. The average Bonchev–Trinajstić information content (AvgIpc) is 3.35. The molecule has 0 atom stereocenters. The van der Waals surface area contributed by atoms with Gasteiger partial charge in [0.25, 0.3) is 5.91 Å². The number of aryl methyl sites for hydroxylation is 1. The number of hydrogen-bond acceptors (Lipinski definition) is 8. The predicted octanol–water partition coefficient (Wildman–Crippen LogP) is 3.55. The predicted molar refractivity (Wildman–Crippen MR) is 144 cm³/mol. The average molecular weight is 544 g/mol. The minimum atomic E-state index is -3.97. The van der Waals surface area contributed by atoms with Crippen LogP contribution in [0.5, 0.6) is 11.5 Å². The number of rotatable bonds is 13. The van der Waals surface area contributed by atoms with Crippen molar-refractivity contribution in [1.82, 2.24) is 9.88 Å². The summed E-state index contributed by atoms with van der Waals surface area (Å²) in [6, 6.07) is 13.2. The molecule has 3 aromatic rings. The summed E-state index contributed by atoms with van der Waals surface area (Å²) in [4.78, 5) is 31.8. The lowest BCUT2D eigenvalue weighted by Crippen LogP contribution is -2.32. The molecule has 0 aliphatic rings. The van der Waals surface area contributed by atoms with E-state index in [1.807, 2.05) is 30.3 Å². The van der Waals surface area contributed by atoms with Gasteiger partial charge < -0.3 is 14.4 Å². The fraction of sp³-hybridized carbons (Fsp3) is 0.269. The minimum absolute atomic E-state index is 0.00406. The maximum atomic E-state index is 13.7. The van der Waals surface area contributed by atoms with Crippen molar-refractivity contribution in [1.29, 1.82) is 0 Å². The third kappa shape index (κ3) is 7.72. The van der Waals surface area contributed by atoms with Crippen LogP contribution in [0.2, 0.25) is 0 Å². The lowest BCUT2D eigenvalue weighted by Gasteiger charge is -2.23. The Labute approximate surface area is 220 Å². The molecule has 0 spiro atoms. The molecule has 11 heteroatoms. The number of benzene rings is 2. The van der Waals surface area contributed by atoms with Crippen molar-refractivity contribution in [3.05, 3.63) is 81.8 Å². The Bertz CT molecular complexity index is 1340. The monoisotopic (exact) mass is 543 g/mol. The van der Waals surface area contributed by atoms with Gasteiger partial charge in [0.1, 0.15) is 28.0 Å². The maximum absolute atomic E-state index is 13.7. The van der Waals surface area contributed by atoms with Crippen LogP contribution in [0.25, 0.3) is 6.08 Å². The highest BCUT2D eigenvalue weighted by Gasteiger charge is 2.23. The van der Waals surface area contributed by atoms with Crippen LogP contribution in [0.1, 0.15) is 43.4 Å². The zero-order valence-corrected chi connectivity index (χ0v) is 22.3. The number of nitrogens with zero attached hydrogens (tertiary/aromatic N) is 2. The number of Topliss-reactive ketones (excluding diaryl/α,β-unsaturated/α-hetero) is 1. The van der Waals surface area contributed by atoms with Gasteiger partial charge in [0.05, 0.1) is 26.3 Å². The summed E-state index contributed by atoms with van der Waals surface area (Å²) < 4.78 is 33.5. The highest BCUT2D eigenvalue weighted by atomic mass is 32.2. The van der Waals surface area contributed by atoms with Crippen molar-refractivity contribution in [3.8, 4) is 11.5 Å². The number of carbonyl (C=O) groups excluding carboxylic acids is 2. The van der Waals surface area contributed by atoms with Crippen molar-refractivity contribution in [2.24, 2.45) is 5.14 Å². The van der Waals surface area contributed by atoms with Crippen LogP contribution in [0.15, 0.2) is 54.4 Å². The first-order valence-corrected chi connectivity index (χ1v) is 13.9. The van der Waals surface area contributed by atoms with E-state index in [2.05, 4.69) is 11.6 Å². The number of sulfonamides is 1. The molecule has 0 radical (unpaired) electrons. The van der Waals surface area contributed by atoms with E-state index in [0.29, 0.717) is 40.6 Å². The van der Waals surface area contributed by atoms with Crippen molar-refractivity contribution in [3.63, 3.8) is 0 Å². The van der Waals surface area contributed by atoms with Crippen LogP contribution < -0.4 is 14.6 Å². The highest BCUT2D eigenvalue weighted by molar-refractivity contribution is 7.89. The van der Waals surface area contributed by atoms with Gasteiger partial charge in [-0.1, -0.05) is 43.0 Å². The number of nitrogens with two attached hydrogens (primary N) is 1. The van der Waals surface area contributed by atoms with Crippen molar-refractivity contribution in [2.75, 3.05) is 26.5 Å². The zero-order chi connectivity index (χ0) is 27.0. The molecule has 0 aliphatic carbocycles. The SMILES string of the molecule is C=Cc1c(OC)cc(C(=O)N(CCCc2ccccc2)Cc2nc(C(=O)CS(N)(=O)=O)cs2)cc1OC. The summed E-state index contributed by atoms with van der Waals surface area (Å²) in [5.41, 5.74) is 2.15. The van der Waals surface area contributed by atoms with E-state index in [-0.39, 0.29) is 18.1 Å². The Hall–Kier alpha value is -3.54. The Balaban J connectivity index is 1.87. The Morgan fingerprint density at radius 2 is 1.78 bits per heavy atom. The first-order chi connectivity index (χ1) is 17.6. The number of hydrogen-bond donors (Lipinski definition) is 1. The van der Waals surface area contributed by atoms with Gasteiger partial charge in [0.15, 0.2) is 5.78 Å². The van der Waals surface area contributed by atoms with Crippen LogP contribution in [-0.4, -0.2) is 56.5 Å². The van der Waals surface area contributed by atoms with Crippen LogP contribution in [0.3, 0.4) is 0 Å². The maximum Gasteiger partial charge on any atom is 0.254 e. The van der Waals surface area contributed by atoms with Crippen LogP contribution in [0, 0.1) is 0 Å². The quantitative estimate of drug-likeness (QED) is 0.326. The molecule has 0 saturated carbocycles. The van der Waals surface area contributed by atoms with E-state index < -0.39 is 21.6 Å². The van der Waals surface area contributed by atoms with E-state index in [9.17, 15) is 18.0 Å². The molecule has 3 rings (SSSR count). The summed E-state index contributed by atoms with van der Waals surface area (Å²) in [7, 11) is -0.966. The van der Waals surface area contributed by atoms with Gasteiger partial charge in [-0.25, -0.2) is 18.5 Å². The Morgan fingerprint density at radius 1 is 1.14 bits per heavy atom. The lowest BCUT2D eigenvalue weighted by molar-refractivity contribution is 0.0740. The summed E-state index contributed by atoms with van der Waals surface area (Å²) in [6.07, 6.45) is 3.05. The number of methoxy groups -OCH3 is 2. The zero-order valence-electron chi connectivity index (χ0n) is 20.7. The second-order valence-electron chi connectivity index (χ2n) is 8.17. The molecule has 2 aromatic carbocycles. The minimum Gasteiger partial charge on any atom is -0.496 e. The number of carbonyl (C=O) groups is 2. The molecule has 0 aliphatic heterocycles. The van der Waals surface area contributed by atoms with Gasteiger partial charge in [-0.3, -0.25) is 9.59 Å². The molecule has 1 aromatic heterocycles. The molecule has 1 heterocycles. The molecule has 37 heavy (non-hydrogen) atoms. The fourth-order valence-electron chi connectivity index (χ4n) is 3.75. The Morgan fingerprint density at radius 3 is 2.35 bits per heavy atom. The largest absolute Gasteiger partial charge is 0.496 e. The second kappa shape index (κ2) is 12.6. The molecule has 196 valence electrons. The molecule has 0 fully saturated rings. The number of primary sulfonamides is 1. The van der Waals surface area contributed by atoms with Gasteiger partial charge in [0, 0.05) is 17.5 Å². The van der Waals surface area contributed by atoms with Gasteiger partial charge in [-0.2, -0.15) is 0 Å². The second-order valence-corrected chi connectivity index (χ2v) is 10.7. The third-order valence-corrected chi connectivity index (χ3v) is 7.01. The van der Waals surface area contributed by atoms with E-state index >= 15 is 0 Å². The lowest BCUT2D eigenvalue weighted by atomic mass is 10.1. The highest BCUT2D eigenvalue weighted by Crippen LogP contribution is 2.32. The summed E-state index contributed by atoms with van der Waals surface area (Å²) >= 11 is 1.17. The number of aromatic nitrogens is 1. The fourth-order valence-corrected chi connectivity index (χ4v) is 5.08. The molecule has 0 unspecified atom stereocenters. The van der Waals surface area contributed by atoms with Gasteiger partial charge in [0.2, 0.25) is 10.0 Å². The normalized spacial score (nSPS) is 11.1. The number of ketones is 1. The molecule has 0 bridgehead atoms. The molecule has 9 nitrogen and oxygen atoms in total. The summed E-state index contributed by atoms with van der Waals surface area (Å²) in [5.74, 6) is -0.890. The first kappa shape index (κ1) is 28.0. The van der Waals surface area contributed by atoms with E-state index in [4.69, 9.17) is 14.6 Å². The standard InChI is InChI=1S/C26H29N3O6S2/c1-4-20-23(34-2)13-19(14-24(20)35-3)26(31)29(12-8-11-18-9-6-5-7-10-18)15-25-28-21(16-36-25)22(30)17-37(27,32)33/h4-7,9-10,13-14,16H,1,8,11-12,15,17H2,2-3H3,(H2,27,32,33). The summed E-state index contributed by atoms with van der Waals surface area (Å²) in [5, 5.41) is 6.95. The molecular formula is C26H29N3O6S2. The van der Waals surface area contributed by atoms with E-state index in [0.717, 1.165) is 12.0 Å². The summed E-state index contributed by atoms with van der Waals surface area (Å²) in [6.45, 7) is 4.34. The number of amides is 1. The van der Waals surface area contributed by atoms with Crippen molar-refractivity contribution in [2.45, 2.75) is 19.4 Å². The number of ether oxygens (including phenoxy) is 2. The van der Waals surface area contributed by atoms with Crippen molar-refractivity contribution < 1.29 is 27.5 Å². The van der Waals surface area contributed by atoms with Crippen molar-refractivity contribution >= 4 is 39.1 Å². The van der Waals surface area contributed by atoms with E-state index in [1.165, 1.54) is 30.9 Å². The topological polar surface area (TPSA) is 129 Å². The van der Waals surface area contributed by atoms with Crippen LogP contribution in [-0.2, 0) is 23.0 Å². The number of thiazole rings is 1. The molecule has 1 amide bonds.